The van der Waals surface area contributed by atoms with E-state index < -0.39 is 0 Å². The van der Waals surface area contributed by atoms with Gasteiger partial charge in [0.2, 0.25) is 0 Å². The molecule has 3 aromatic carbocycles. The Morgan fingerprint density at radius 3 is 1.94 bits per heavy atom. The van der Waals surface area contributed by atoms with Gasteiger partial charge in [-0.2, -0.15) is 5.10 Å². The van der Waals surface area contributed by atoms with Gasteiger partial charge in [-0.05, 0) is 34.7 Å². The van der Waals surface area contributed by atoms with E-state index in [9.17, 15) is 4.79 Å². The lowest BCUT2D eigenvalue weighted by atomic mass is 9.98. The van der Waals surface area contributed by atoms with Crippen molar-refractivity contribution in [2.75, 3.05) is 0 Å². The molecule has 4 nitrogen and oxygen atoms in total. The summed E-state index contributed by atoms with van der Waals surface area (Å²) < 4.78 is 1.77. The zero-order chi connectivity index (χ0) is 21.8. The van der Waals surface area contributed by atoms with E-state index in [4.69, 9.17) is 5.10 Å². The van der Waals surface area contributed by atoms with Gasteiger partial charge in [0.25, 0.3) is 5.91 Å². The Bertz CT molecular complexity index is 1260. The van der Waals surface area contributed by atoms with Crippen molar-refractivity contribution in [1.82, 2.24) is 15.1 Å². The van der Waals surface area contributed by atoms with Crippen molar-refractivity contribution in [3.63, 3.8) is 0 Å². The molecule has 0 aliphatic carbocycles. The van der Waals surface area contributed by atoms with E-state index in [0.29, 0.717) is 11.3 Å². The fraction of sp³-hybridized carbons (Fsp3) is 0.0370. The van der Waals surface area contributed by atoms with Crippen molar-refractivity contribution in [1.29, 1.82) is 0 Å². The number of rotatable bonds is 6. The second-order valence-corrected chi connectivity index (χ2v) is 8.32. The molecule has 2 aromatic heterocycles. The van der Waals surface area contributed by atoms with E-state index in [1.165, 1.54) is 0 Å². The maximum absolute atomic E-state index is 13.6. The van der Waals surface area contributed by atoms with Gasteiger partial charge in [0.05, 0.1) is 22.2 Å². The number of hydrogen-bond donors (Lipinski definition) is 1. The van der Waals surface area contributed by atoms with Crippen LogP contribution in [0.1, 0.15) is 27.5 Å². The first-order valence-corrected chi connectivity index (χ1v) is 11.3. The van der Waals surface area contributed by atoms with E-state index >= 15 is 0 Å². The van der Waals surface area contributed by atoms with E-state index in [0.717, 1.165) is 21.7 Å². The second-order valence-electron chi connectivity index (χ2n) is 7.38. The minimum Gasteiger partial charge on any atom is -0.341 e. The number of para-hydroxylation sites is 1. The Balaban J connectivity index is 1.55. The third-order valence-corrected chi connectivity index (χ3v) is 6.15. The Kier molecular flexibility index (Phi) is 5.64. The highest BCUT2D eigenvalue weighted by Gasteiger charge is 2.23. The first-order valence-electron chi connectivity index (χ1n) is 10.4. The summed E-state index contributed by atoms with van der Waals surface area (Å²) >= 11 is 1.57. The maximum Gasteiger partial charge on any atom is 0.255 e. The third kappa shape index (κ3) is 4.11. The first-order chi connectivity index (χ1) is 15.8. The van der Waals surface area contributed by atoms with Crippen molar-refractivity contribution >= 4 is 17.2 Å². The molecule has 0 fully saturated rings. The fourth-order valence-electron chi connectivity index (χ4n) is 3.71. The number of carbonyl (C=O) groups is 1. The minimum atomic E-state index is -0.263. The van der Waals surface area contributed by atoms with E-state index in [-0.39, 0.29) is 11.9 Å². The summed E-state index contributed by atoms with van der Waals surface area (Å²) in [5.41, 5.74) is 4.20. The topological polar surface area (TPSA) is 46.9 Å². The first kappa shape index (κ1) is 20.0. The molecule has 0 spiro atoms. The molecule has 5 aromatic rings. The summed E-state index contributed by atoms with van der Waals surface area (Å²) in [5.74, 6) is -0.159. The number of thiophene rings is 1. The fourth-order valence-corrected chi connectivity index (χ4v) is 4.43. The van der Waals surface area contributed by atoms with Gasteiger partial charge in [-0.3, -0.25) is 4.79 Å². The van der Waals surface area contributed by atoms with Crippen LogP contribution in [0.3, 0.4) is 0 Å². The number of nitrogens with zero attached hydrogens (tertiary/aromatic N) is 2. The van der Waals surface area contributed by atoms with Crippen molar-refractivity contribution in [2.45, 2.75) is 6.04 Å². The Hall–Kier alpha value is -3.96. The van der Waals surface area contributed by atoms with Gasteiger partial charge in [-0.15, -0.1) is 11.3 Å². The van der Waals surface area contributed by atoms with Crippen LogP contribution in [0, 0.1) is 0 Å². The Morgan fingerprint density at radius 2 is 1.38 bits per heavy atom. The molecule has 0 aliphatic heterocycles. The van der Waals surface area contributed by atoms with Gasteiger partial charge >= 0.3 is 0 Å². The van der Waals surface area contributed by atoms with Crippen LogP contribution in [0.15, 0.2) is 115 Å². The van der Waals surface area contributed by atoms with Gasteiger partial charge in [0, 0.05) is 6.20 Å². The number of carbonyl (C=O) groups excluding carboxylic acids is 1. The number of amides is 1. The molecular weight excluding hydrogens is 414 g/mol. The monoisotopic (exact) mass is 435 g/mol. The normalized spacial score (nSPS) is 10.9. The van der Waals surface area contributed by atoms with Crippen molar-refractivity contribution in [3.05, 3.63) is 131 Å². The third-order valence-electron chi connectivity index (χ3n) is 5.28. The van der Waals surface area contributed by atoms with Gasteiger partial charge in [0.1, 0.15) is 5.69 Å². The van der Waals surface area contributed by atoms with Crippen LogP contribution >= 0.6 is 11.3 Å². The van der Waals surface area contributed by atoms with Gasteiger partial charge in [-0.1, -0.05) is 84.9 Å². The molecular formula is C27H21N3OS. The molecule has 156 valence electrons. The van der Waals surface area contributed by atoms with E-state index in [1.54, 1.807) is 16.0 Å². The van der Waals surface area contributed by atoms with Gasteiger partial charge < -0.3 is 5.32 Å². The number of aromatic nitrogens is 2. The molecule has 5 rings (SSSR count). The lowest BCUT2D eigenvalue weighted by Crippen LogP contribution is -2.29. The largest absolute Gasteiger partial charge is 0.341 e. The summed E-state index contributed by atoms with van der Waals surface area (Å²) in [4.78, 5) is 14.6. The predicted molar refractivity (Wildman–Crippen MR) is 129 cm³/mol. The zero-order valence-corrected chi connectivity index (χ0v) is 18.1. The molecule has 1 N–H and O–H groups in total. The average molecular weight is 436 g/mol. The number of nitrogens with one attached hydrogen (secondary N) is 1. The predicted octanol–water partition coefficient (Wildman–Crippen LogP) is 6.12. The highest BCUT2D eigenvalue weighted by atomic mass is 32.1. The molecule has 32 heavy (non-hydrogen) atoms. The van der Waals surface area contributed by atoms with Crippen molar-refractivity contribution in [2.24, 2.45) is 0 Å². The van der Waals surface area contributed by atoms with Crippen LogP contribution in [0.2, 0.25) is 0 Å². The molecule has 0 unspecified atom stereocenters. The molecule has 0 radical (unpaired) electrons. The van der Waals surface area contributed by atoms with Crippen LogP contribution in [0.5, 0.6) is 0 Å². The molecule has 0 bridgehead atoms. The maximum atomic E-state index is 13.6. The molecule has 0 atom stereocenters. The number of hydrogen-bond acceptors (Lipinski definition) is 3. The van der Waals surface area contributed by atoms with Crippen LogP contribution in [-0.2, 0) is 0 Å². The summed E-state index contributed by atoms with van der Waals surface area (Å²) in [7, 11) is 0. The van der Waals surface area contributed by atoms with E-state index in [1.807, 2.05) is 115 Å². The highest BCUT2D eigenvalue weighted by molar-refractivity contribution is 7.13. The summed E-state index contributed by atoms with van der Waals surface area (Å²) in [6, 6.07) is 33.6. The lowest BCUT2D eigenvalue weighted by Gasteiger charge is -2.20. The Morgan fingerprint density at radius 1 is 0.781 bits per heavy atom. The van der Waals surface area contributed by atoms with Crippen LogP contribution < -0.4 is 5.32 Å². The highest BCUT2D eigenvalue weighted by Crippen LogP contribution is 2.29. The molecule has 0 saturated carbocycles. The van der Waals surface area contributed by atoms with Gasteiger partial charge in [0.15, 0.2) is 0 Å². The quantitative estimate of drug-likeness (QED) is 0.349. The minimum absolute atomic E-state index is 0.159. The standard InChI is InChI=1S/C27H21N3OS/c31-27(28-25(20-11-4-1-5-12-20)21-13-6-2-7-14-21)23-19-30(22-15-8-3-9-16-22)29-26(23)24-17-10-18-32-24/h1-19,25H,(H,28,31). The molecule has 5 heteroatoms. The Labute approximate surface area is 190 Å². The number of benzene rings is 3. The summed E-state index contributed by atoms with van der Waals surface area (Å²) in [5, 5.41) is 10.0. The van der Waals surface area contributed by atoms with Crippen LogP contribution in [0.4, 0.5) is 0 Å². The summed E-state index contributed by atoms with van der Waals surface area (Å²) in [6.07, 6.45) is 1.81. The summed E-state index contributed by atoms with van der Waals surface area (Å²) in [6.45, 7) is 0. The molecule has 0 aliphatic rings. The van der Waals surface area contributed by atoms with Crippen LogP contribution in [-0.4, -0.2) is 15.7 Å². The van der Waals surface area contributed by atoms with E-state index in [2.05, 4.69) is 5.32 Å². The molecule has 0 saturated heterocycles. The smallest absolute Gasteiger partial charge is 0.255 e. The molecule has 1 amide bonds. The molecule has 2 heterocycles. The second kappa shape index (κ2) is 9.04. The van der Waals surface area contributed by atoms with Gasteiger partial charge in [-0.25, -0.2) is 4.68 Å². The lowest BCUT2D eigenvalue weighted by molar-refractivity contribution is 0.0943. The van der Waals surface area contributed by atoms with Crippen molar-refractivity contribution in [3.8, 4) is 16.3 Å². The average Bonchev–Trinajstić information content (AvgIpc) is 3.54. The SMILES string of the molecule is O=C(NC(c1ccccc1)c1ccccc1)c1cn(-c2ccccc2)nc1-c1cccs1. The van der Waals surface area contributed by atoms with Crippen LogP contribution in [0.25, 0.3) is 16.3 Å². The zero-order valence-electron chi connectivity index (χ0n) is 17.3. The van der Waals surface area contributed by atoms with Crippen molar-refractivity contribution < 1.29 is 4.79 Å².